The zero-order valence-corrected chi connectivity index (χ0v) is 12.3. The Morgan fingerprint density at radius 3 is 2.25 bits per heavy atom. The average molecular weight is 274 g/mol. The van der Waals surface area contributed by atoms with Crippen molar-refractivity contribution < 1.29 is 14.6 Å². The lowest BCUT2D eigenvalue weighted by Gasteiger charge is -2.28. The third-order valence-electron chi connectivity index (χ3n) is 3.44. The molecule has 1 fully saturated rings. The first-order chi connectivity index (χ1) is 9.35. The van der Waals surface area contributed by atoms with E-state index >= 15 is 0 Å². The van der Waals surface area contributed by atoms with Crippen molar-refractivity contribution in [3.8, 4) is 5.75 Å². The quantitative estimate of drug-likeness (QED) is 0.840. The predicted molar refractivity (Wildman–Crippen MR) is 79.8 cm³/mol. The number of carboxylic acids is 1. The SMILES string of the molecule is CC(C)(C)Oc1ccc(/C(=C/C(=O)O)C2CCC2)cc1. The Morgan fingerprint density at radius 1 is 1.25 bits per heavy atom. The minimum absolute atomic E-state index is 0.227. The predicted octanol–water partition coefficient (Wildman–Crippen LogP) is 4.13. The number of carbonyl (C=O) groups is 1. The Hall–Kier alpha value is -1.77. The van der Waals surface area contributed by atoms with Crippen LogP contribution in [0.2, 0.25) is 0 Å². The molecular formula is C17H22O3. The van der Waals surface area contributed by atoms with Crippen molar-refractivity contribution in [3.63, 3.8) is 0 Å². The van der Waals surface area contributed by atoms with Crippen LogP contribution in [0.15, 0.2) is 30.3 Å². The molecule has 108 valence electrons. The molecule has 3 heteroatoms. The third kappa shape index (κ3) is 3.86. The van der Waals surface area contributed by atoms with Crippen molar-refractivity contribution in [1.82, 2.24) is 0 Å². The largest absolute Gasteiger partial charge is 0.488 e. The summed E-state index contributed by atoms with van der Waals surface area (Å²) in [6.07, 6.45) is 4.70. The number of aliphatic carboxylic acids is 1. The van der Waals surface area contributed by atoms with E-state index in [0.717, 1.165) is 29.7 Å². The molecule has 2 rings (SSSR count). The van der Waals surface area contributed by atoms with Crippen LogP contribution in [-0.2, 0) is 4.79 Å². The fraction of sp³-hybridized carbons (Fsp3) is 0.471. The van der Waals surface area contributed by atoms with Crippen molar-refractivity contribution in [1.29, 1.82) is 0 Å². The van der Waals surface area contributed by atoms with Crippen LogP contribution in [0.4, 0.5) is 0 Å². The van der Waals surface area contributed by atoms with E-state index in [-0.39, 0.29) is 5.60 Å². The molecule has 0 saturated heterocycles. The molecule has 0 amide bonds. The number of carboxylic acid groups (broad SMARTS) is 1. The summed E-state index contributed by atoms with van der Waals surface area (Å²) in [5.74, 6) is 0.326. The van der Waals surface area contributed by atoms with Gasteiger partial charge in [-0.3, -0.25) is 0 Å². The first-order valence-corrected chi connectivity index (χ1v) is 7.09. The highest BCUT2D eigenvalue weighted by Crippen LogP contribution is 2.39. The minimum Gasteiger partial charge on any atom is -0.488 e. The highest BCUT2D eigenvalue weighted by molar-refractivity contribution is 5.90. The van der Waals surface area contributed by atoms with E-state index in [1.54, 1.807) is 0 Å². The molecule has 0 spiro atoms. The Kier molecular flexibility index (Phi) is 4.17. The molecular weight excluding hydrogens is 252 g/mol. The fourth-order valence-electron chi connectivity index (χ4n) is 2.36. The lowest BCUT2D eigenvalue weighted by atomic mass is 9.77. The van der Waals surface area contributed by atoms with Gasteiger partial charge in [0, 0.05) is 6.08 Å². The number of benzene rings is 1. The highest BCUT2D eigenvalue weighted by Gasteiger charge is 2.23. The normalized spacial score (nSPS) is 16.6. The summed E-state index contributed by atoms with van der Waals surface area (Å²) in [6, 6.07) is 7.73. The van der Waals surface area contributed by atoms with Crippen LogP contribution in [0, 0.1) is 5.92 Å². The van der Waals surface area contributed by atoms with Crippen LogP contribution >= 0.6 is 0 Å². The second kappa shape index (κ2) is 5.70. The van der Waals surface area contributed by atoms with E-state index in [9.17, 15) is 4.79 Å². The van der Waals surface area contributed by atoms with Gasteiger partial charge in [0.05, 0.1) is 0 Å². The lowest BCUT2D eigenvalue weighted by Crippen LogP contribution is -2.22. The fourth-order valence-corrected chi connectivity index (χ4v) is 2.36. The van der Waals surface area contributed by atoms with Gasteiger partial charge in [0.2, 0.25) is 0 Å². The number of ether oxygens (including phenoxy) is 1. The molecule has 3 nitrogen and oxygen atoms in total. The summed E-state index contributed by atoms with van der Waals surface area (Å²) in [5.41, 5.74) is 1.69. The first-order valence-electron chi connectivity index (χ1n) is 7.09. The van der Waals surface area contributed by atoms with E-state index in [0.29, 0.717) is 5.92 Å². The summed E-state index contributed by atoms with van der Waals surface area (Å²) in [7, 11) is 0. The summed E-state index contributed by atoms with van der Waals surface area (Å²) in [6.45, 7) is 6.01. The van der Waals surface area contributed by atoms with E-state index in [2.05, 4.69) is 0 Å². The average Bonchev–Trinajstić information content (AvgIpc) is 2.24. The summed E-state index contributed by atoms with van der Waals surface area (Å²) in [4.78, 5) is 11.0. The summed E-state index contributed by atoms with van der Waals surface area (Å²) >= 11 is 0. The van der Waals surface area contributed by atoms with E-state index in [1.165, 1.54) is 12.5 Å². The van der Waals surface area contributed by atoms with Gasteiger partial charge in [0.1, 0.15) is 11.4 Å². The van der Waals surface area contributed by atoms with Crippen LogP contribution in [0.25, 0.3) is 5.57 Å². The van der Waals surface area contributed by atoms with Crippen LogP contribution in [-0.4, -0.2) is 16.7 Å². The second-order valence-corrected chi connectivity index (χ2v) is 6.30. The van der Waals surface area contributed by atoms with Gasteiger partial charge in [0.25, 0.3) is 0 Å². The number of rotatable bonds is 4. The molecule has 0 aliphatic heterocycles. The number of hydrogen-bond acceptors (Lipinski definition) is 2. The Bertz CT molecular complexity index is 502. The molecule has 1 aliphatic carbocycles. The van der Waals surface area contributed by atoms with Crippen LogP contribution in [0.5, 0.6) is 5.75 Å². The van der Waals surface area contributed by atoms with Crippen LogP contribution < -0.4 is 4.74 Å². The molecule has 20 heavy (non-hydrogen) atoms. The van der Waals surface area contributed by atoms with Gasteiger partial charge in [-0.05, 0) is 62.8 Å². The zero-order valence-electron chi connectivity index (χ0n) is 12.3. The van der Waals surface area contributed by atoms with Crippen molar-refractivity contribution in [2.24, 2.45) is 5.92 Å². The Balaban J connectivity index is 2.20. The Labute approximate surface area is 120 Å². The van der Waals surface area contributed by atoms with Crippen molar-refractivity contribution in [2.75, 3.05) is 0 Å². The van der Waals surface area contributed by atoms with E-state index < -0.39 is 5.97 Å². The molecule has 0 atom stereocenters. The van der Waals surface area contributed by atoms with Gasteiger partial charge < -0.3 is 9.84 Å². The van der Waals surface area contributed by atoms with E-state index in [4.69, 9.17) is 9.84 Å². The summed E-state index contributed by atoms with van der Waals surface area (Å²) in [5, 5.41) is 9.02. The van der Waals surface area contributed by atoms with Crippen LogP contribution in [0.1, 0.15) is 45.6 Å². The molecule has 1 aromatic carbocycles. The molecule has 1 saturated carbocycles. The van der Waals surface area contributed by atoms with Crippen LogP contribution in [0.3, 0.4) is 0 Å². The summed E-state index contributed by atoms with van der Waals surface area (Å²) < 4.78 is 5.78. The third-order valence-corrected chi connectivity index (χ3v) is 3.44. The van der Waals surface area contributed by atoms with Crippen molar-refractivity contribution in [3.05, 3.63) is 35.9 Å². The van der Waals surface area contributed by atoms with Crippen molar-refractivity contribution in [2.45, 2.75) is 45.6 Å². The monoisotopic (exact) mass is 274 g/mol. The number of hydrogen-bond donors (Lipinski definition) is 1. The molecule has 1 aliphatic rings. The van der Waals surface area contributed by atoms with Gasteiger partial charge in [-0.25, -0.2) is 4.79 Å². The molecule has 0 aromatic heterocycles. The highest BCUT2D eigenvalue weighted by atomic mass is 16.5. The zero-order chi connectivity index (χ0) is 14.8. The molecule has 1 N–H and O–H groups in total. The number of allylic oxidation sites excluding steroid dienone is 1. The molecule has 0 unspecified atom stereocenters. The first kappa shape index (κ1) is 14.6. The topological polar surface area (TPSA) is 46.5 Å². The smallest absolute Gasteiger partial charge is 0.328 e. The molecule has 0 heterocycles. The van der Waals surface area contributed by atoms with Crippen molar-refractivity contribution >= 4 is 11.5 Å². The molecule has 0 radical (unpaired) electrons. The minimum atomic E-state index is -0.873. The van der Waals surface area contributed by atoms with Gasteiger partial charge in [-0.1, -0.05) is 18.6 Å². The van der Waals surface area contributed by atoms with E-state index in [1.807, 2.05) is 45.0 Å². The van der Waals surface area contributed by atoms with Gasteiger partial charge in [-0.15, -0.1) is 0 Å². The molecule has 1 aromatic rings. The standard InChI is InChI=1S/C17H22O3/c1-17(2,3)20-14-9-7-13(8-10-14)15(11-16(18)19)12-5-4-6-12/h7-12H,4-6H2,1-3H3,(H,18,19)/b15-11+. The maximum Gasteiger partial charge on any atom is 0.328 e. The second-order valence-electron chi connectivity index (χ2n) is 6.30. The van der Waals surface area contributed by atoms with Gasteiger partial charge in [0.15, 0.2) is 0 Å². The maximum atomic E-state index is 11.0. The van der Waals surface area contributed by atoms with Gasteiger partial charge >= 0.3 is 5.97 Å². The van der Waals surface area contributed by atoms with Gasteiger partial charge in [-0.2, -0.15) is 0 Å². The Morgan fingerprint density at radius 2 is 1.85 bits per heavy atom. The lowest BCUT2D eigenvalue weighted by molar-refractivity contribution is -0.131. The molecule has 0 bridgehead atoms. The maximum absolute atomic E-state index is 11.0.